The molecule has 2 heterocycles. The van der Waals surface area contributed by atoms with Crippen molar-refractivity contribution in [1.82, 2.24) is 0 Å². The predicted molar refractivity (Wildman–Crippen MR) is 92.1 cm³/mol. The Kier molecular flexibility index (Phi) is 3.75. The third-order valence-electron chi connectivity index (χ3n) is 4.52. The fraction of sp³-hybridized carbons (Fsp3) is 0.333. The van der Waals surface area contributed by atoms with E-state index in [1.165, 1.54) is 0 Å². The van der Waals surface area contributed by atoms with Gasteiger partial charge in [0.05, 0.1) is 11.2 Å². The lowest BCUT2D eigenvalue weighted by molar-refractivity contribution is 0.00578. The van der Waals surface area contributed by atoms with Crippen LogP contribution in [0.4, 0.5) is 5.69 Å². The quantitative estimate of drug-likeness (QED) is 0.781. The van der Waals surface area contributed by atoms with Crippen LogP contribution in [0.3, 0.4) is 0 Å². The summed E-state index contributed by atoms with van der Waals surface area (Å²) in [7, 11) is -0.331. The van der Waals surface area contributed by atoms with E-state index in [1.807, 2.05) is 42.8 Å². The maximum atomic E-state index is 6.13. The van der Waals surface area contributed by atoms with Crippen molar-refractivity contribution in [2.24, 2.45) is 0 Å². The minimum Gasteiger partial charge on any atom is -0.399 e. The highest BCUT2D eigenvalue weighted by Crippen LogP contribution is 2.36. The molecular weight excluding hydrogens is 273 g/mol. The number of rotatable bonds is 2. The van der Waals surface area contributed by atoms with E-state index in [0.717, 1.165) is 11.2 Å². The largest absolute Gasteiger partial charge is 0.494 e. The van der Waals surface area contributed by atoms with Crippen molar-refractivity contribution >= 4 is 18.3 Å². The molecule has 0 aromatic heterocycles. The molecule has 114 valence electrons. The number of allylic oxidation sites excluding steroid dienone is 4. The summed E-state index contributed by atoms with van der Waals surface area (Å²) in [5, 5.41) is 0. The third-order valence-corrected chi connectivity index (χ3v) is 4.52. The van der Waals surface area contributed by atoms with E-state index in [-0.39, 0.29) is 18.3 Å². The monoisotopic (exact) mass is 295 g/mol. The van der Waals surface area contributed by atoms with E-state index in [4.69, 9.17) is 9.31 Å². The Morgan fingerprint density at radius 2 is 1.45 bits per heavy atom. The first-order chi connectivity index (χ1) is 10.4. The first kappa shape index (κ1) is 15.1. The van der Waals surface area contributed by atoms with Gasteiger partial charge in [0, 0.05) is 18.1 Å². The predicted octanol–water partition coefficient (Wildman–Crippen LogP) is 3.39. The van der Waals surface area contributed by atoms with Gasteiger partial charge >= 0.3 is 7.12 Å². The van der Waals surface area contributed by atoms with Crippen LogP contribution >= 0.6 is 0 Å². The van der Waals surface area contributed by atoms with Gasteiger partial charge in [0.15, 0.2) is 0 Å². The first-order valence-electron chi connectivity index (χ1n) is 7.65. The molecule has 2 aliphatic heterocycles. The number of hydrogen-bond donors (Lipinski definition) is 0. The maximum Gasteiger partial charge on any atom is 0.494 e. The highest BCUT2D eigenvalue weighted by Gasteiger charge is 2.51. The Hall–Kier alpha value is -1.78. The summed E-state index contributed by atoms with van der Waals surface area (Å²) in [6, 6.07) is 8.28. The van der Waals surface area contributed by atoms with E-state index in [0.29, 0.717) is 0 Å². The molecule has 1 aromatic rings. The van der Waals surface area contributed by atoms with E-state index in [1.54, 1.807) is 0 Å². The van der Waals surface area contributed by atoms with Gasteiger partial charge in [-0.3, -0.25) is 0 Å². The van der Waals surface area contributed by atoms with E-state index in [9.17, 15) is 0 Å². The van der Waals surface area contributed by atoms with Crippen LogP contribution in [0.5, 0.6) is 0 Å². The topological polar surface area (TPSA) is 21.7 Å². The smallest absolute Gasteiger partial charge is 0.399 e. The minimum atomic E-state index is -0.331. The Balaban J connectivity index is 1.87. The molecule has 4 heteroatoms. The number of benzene rings is 1. The molecule has 22 heavy (non-hydrogen) atoms. The number of nitrogens with zero attached hydrogens (tertiary/aromatic N) is 1. The van der Waals surface area contributed by atoms with Gasteiger partial charge in [0.2, 0.25) is 0 Å². The van der Waals surface area contributed by atoms with Crippen LogP contribution in [-0.4, -0.2) is 18.3 Å². The highest BCUT2D eigenvalue weighted by atomic mass is 16.7. The van der Waals surface area contributed by atoms with E-state index >= 15 is 0 Å². The molecule has 2 aliphatic rings. The first-order valence-corrected chi connectivity index (χ1v) is 7.65. The van der Waals surface area contributed by atoms with Gasteiger partial charge in [-0.2, -0.15) is 0 Å². The van der Waals surface area contributed by atoms with E-state index in [2.05, 4.69) is 50.8 Å². The number of hydrogen-bond acceptors (Lipinski definition) is 3. The summed E-state index contributed by atoms with van der Waals surface area (Å²) >= 11 is 0. The van der Waals surface area contributed by atoms with Crippen molar-refractivity contribution in [3.8, 4) is 0 Å². The fourth-order valence-electron chi connectivity index (χ4n) is 2.45. The molecule has 0 amide bonds. The van der Waals surface area contributed by atoms with Crippen LogP contribution in [0.2, 0.25) is 0 Å². The van der Waals surface area contributed by atoms with Crippen LogP contribution in [0.15, 0.2) is 61.0 Å². The fourth-order valence-corrected chi connectivity index (χ4v) is 2.45. The lowest BCUT2D eigenvalue weighted by Gasteiger charge is -2.32. The van der Waals surface area contributed by atoms with Gasteiger partial charge < -0.3 is 14.2 Å². The maximum absolute atomic E-state index is 6.13. The second kappa shape index (κ2) is 5.45. The zero-order valence-corrected chi connectivity index (χ0v) is 13.6. The average molecular weight is 295 g/mol. The summed E-state index contributed by atoms with van der Waals surface area (Å²) in [4.78, 5) is 2.08. The summed E-state index contributed by atoms with van der Waals surface area (Å²) in [6.07, 6.45) is 12.1. The van der Waals surface area contributed by atoms with Crippen LogP contribution in [-0.2, 0) is 9.31 Å². The van der Waals surface area contributed by atoms with Gasteiger partial charge in [-0.15, -0.1) is 0 Å². The lowest BCUT2D eigenvalue weighted by atomic mass is 9.79. The Morgan fingerprint density at radius 1 is 0.864 bits per heavy atom. The molecule has 0 aliphatic carbocycles. The molecule has 0 unspecified atom stereocenters. The van der Waals surface area contributed by atoms with Crippen molar-refractivity contribution in [2.45, 2.75) is 38.9 Å². The number of anilines is 1. The molecular formula is C18H22BNO2. The summed E-state index contributed by atoms with van der Waals surface area (Å²) < 4.78 is 12.3. The van der Waals surface area contributed by atoms with Gasteiger partial charge in [-0.25, -0.2) is 0 Å². The molecule has 0 spiro atoms. The molecule has 3 rings (SSSR count). The third kappa shape index (κ3) is 2.76. The standard InChI is InChI=1S/C18H22BNO2/c1-17(2)18(3,4)22-19(21-17)15-10-9-11-16(14-15)20-12-7-5-6-8-13-20/h5-14H,1-4H3. The van der Waals surface area contributed by atoms with Crippen LogP contribution < -0.4 is 10.4 Å². The summed E-state index contributed by atoms with van der Waals surface area (Å²) in [5.41, 5.74) is 1.48. The van der Waals surface area contributed by atoms with Crippen LogP contribution in [0.1, 0.15) is 27.7 Å². The summed E-state index contributed by atoms with van der Waals surface area (Å²) in [5.74, 6) is 0. The summed E-state index contributed by atoms with van der Waals surface area (Å²) in [6.45, 7) is 8.29. The molecule has 3 nitrogen and oxygen atoms in total. The zero-order valence-electron chi connectivity index (χ0n) is 13.6. The zero-order chi connectivity index (χ0) is 15.8. The molecule has 0 saturated carbocycles. The average Bonchev–Trinajstić information content (AvgIpc) is 2.67. The van der Waals surface area contributed by atoms with E-state index < -0.39 is 0 Å². The van der Waals surface area contributed by atoms with Crippen molar-refractivity contribution in [3.05, 3.63) is 61.0 Å². The minimum absolute atomic E-state index is 0.319. The Morgan fingerprint density at radius 3 is 2.05 bits per heavy atom. The van der Waals surface area contributed by atoms with Gasteiger partial charge in [0.1, 0.15) is 0 Å². The molecule has 0 atom stereocenters. The second-order valence-corrected chi connectivity index (χ2v) is 6.66. The Labute approximate surface area is 133 Å². The van der Waals surface area contributed by atoms with Crippen molar-refractivity contribution in [2.75, 3.05) is 4.90 Å². The molecule has 0 radical (unpaired) electrons. The van der Waals surface area contributed by atoms with Gasteiger partial charge in [-0.05, 0) is 57.4 Å². The van der Waals surface area contributed by atoms with Crippen LogP contribution in [0, 0.1) is 0 Å². The highest BCUT2D eigenvalue weighted by molar-refractivity contribution is 6.62. The molecule has 0 bridgehead atoms. The van der Waals surface area contributed by atoms with Gasteiger partial charge in [0.25, 0.3) is 0 Å². The second-order valence-electron chi connectivity index (χ2n) is 6.66. The van der Waals surface area contributed by atoms with Crippen LogP contribution in [0.25, 0.3) is 0 Å². The van der Waals surface area contributed by atoms with Crippen molar-refractivity contribution in [1.29, 1.82) is 0 Å². The SMILES string of the molecule is CC1(C)OB(c2cccc(N3C=CC=CC=C3)c2)OC1(C)C. The molecule has 1 saturated heterocycles. The molecule has 1 fully saturated rings. The van der Waals surface area contributed by atoms with Crippen molar-refractivity contribution < 1.29 is 9.31 Å². The lowest BCUT2D eigenvalue weighted by Crippen LogP contribution is -2.41. The Bertz CT molecular complexity index is 614. The van der Waals surface area contributed by atoms with Crippen molar-refractivity contribution in [3.63, 3.8) is 0 Å². The molecule has 1 aromatic carbocycles. The van der Waals surface area contributed by atoms with Gasteiger partial charge in [-0.1, -0.05) is 24.3 Å². The normalized spacial score (nSPS) is 22.2. The molecule has 0 N–H and O–H groups in total.